The Morgan fingerprint density at radius 3 is 2.06 bits per heavy atom. The number of nitrogens with one attached hydrogen (secondary N) is 1. The molecule has 166 valence electrons. The number of carbonyl (C=O) groups excluding carboxylic acids is 3. The summed E-state index contributed by atoms with van der Waals surface area (Å²) in [7, 11) is -1.47. The van der Waals surface area contributed by atoms with Crippen molar-refractivity contribution < 1.29 is 36.7 Å². The number of rotatable bonds is 6. The summed E-state index contributed by atoms with van der Waals surface area (Å²) in [5.41, 5.74) is 0.146. The fraction of sp³-hybridized carbons (Fsp3) is 0.350. The standard InChI is InChI=1S/C20H22N2O8S/c1-28-19(24)13-10-14(20(25)29-2)12-15(11-13)21-18(23)16-6-7-17(30-16)31(26,27)22-8-4-3-5-9-22/h6-7,10-12H,3-5,8-9H2,1-2H3,(H,21,23). The van der Waals surface area contributed by atoms with E-state index in [9.17, 15) is 22.8 Å². The first-order valence-corrected chi connectivity index (χ1v) is 10.9. The van der Waals surface area contributed by atoms with Gasteiger partial charge in [-0.25, -0.2) is 18.0 Å². The van der Waals surface area contributed by atoms with E-state index < -0.39 is 27.9 Å². The number of benzene rings is 1. The van der Waals surface area contributed by atoms with Gasteiger partial charge in [-0.05, 0) is 43.2 Å². The molecule has 31 heavy (non-hydrogen) atoms. The molecule has 3 rings (SSSR count). The van der Waals surface area contributed by atoms with Gasteiger partial charge in [-0.2, -0.15) is 4.31 Å². The van der Waals surface area contributed by atoms with E-state index in [0.29, 0.717) is 13.1 Å². The zero-order valence-electron chi connectivity index (χ0n) is 17.0. The van der Waals surface area contributed by atoms with Crippen LogP contribution in [0.1, 0.15) is 50.5 Å². The number of sulfonamides is 1. The second-order valence-electron chi connectivity index (χ2n) is 6.82. The number of furan rings is 1. The van der Waals surface area contributed by atoms with Crippen LogP contribution in [0.3, 0.4) is 0 Å². The Morgan fingerprint density at radius 2 is 1.52 bits per heavy atom. The fourth-order valence-electron chi connectivity index (χ4n) is 3.18. The van der Waals surface area contributed by atoms with Crippen molar-refractivity contribution in [2.45, 2.75) is 24.4 Å². The average molecular weight is 450 g/mol. The van der Waals surface area contributed by atoms with E-state index in [1.807, 2.05) is 0 Å². The van der Waals surface area contributed by atoms with Gasteiger partial charge in [0.25, 0.3) is 15.9 Å². The summed E-state index contributed by atoms with van der Waals surface area (Å²) in [6.45, 7) is 0.808. The normalized spacial score (nSPS) is 14.6. The molecule has 1 amide bonds. The molecule has 2 heterocycles. The smallest absolute Gasteiger partial charge is 0.337 e. The molecular formula is C20H22N2O8S. The lowest BCUT2D eigenvalue weighted by Gasteiger charge is -2.24. The van der Waals surface area contributed by atoms with Crippen molar-refractivity contribution in [2.75, 3.05) is 32.6 Å². The molecule has 1 fully saturated rings. The van der Waals surface area contributed by atoms with Gasteiger partial charge in [-0.15, -0.1) is 0 Å². The lowest BCUT2D eigenvalue weighted by atomic mass is 10.1. The molecule has 0 unspecified atom stereocenters. The zero-order chi connectivity index (χ0) is 22.6. The van der Waals surface area contributed by atoms with Gasteiger partial charge in [0.05, 0.1) is 25.3 Å². The van der Waals surface area contributed by atoms with E-state index >= 15 is 0 Å². The van der Waals surface area contributed by atoms with Crippen LogP contribution in [0.15, 0.2) is 39.8 Å². The van der Waals surface area contributed by atoms with Gasteiger partial charge in [0.2, 0.25) is 5.09 Å². The molecule has 1 aromatic heterocycles. The van der Waals surface area contributed by atoms with E-state index in [0.717, 1.165) is 19.3 Å². The van der Waals surface area contributed by atoms with Gasteiger partial charge >= 0.3 is 11.9 Å². The number of hydrogen-bond donors (Lipinski definition) is 1. The predicted molar refractivity (Wildman–Crippen MR) is 108 cm³/mol. The Labute approximate surface area is 179 Å². The average Bonchev–Trinajstić information content (AvgIpc) is 3.29. The quantitative estimate of drug-likeness (QED) is 0.663. The summed E-state index contributed by atoms with van der Waals surface area (Å²) >= 11 is 0. The molecule has 0 spiro atoms. The van der Waals surface area contributed by atoms with Crippen molar-refractivity contribution in [3.8, 4) is 0 Å². The van der Waals surface area contributed by atoms with Gasteiger partial charge in [0, 0.05) is 18.8 Å². The fourth-order valence-corrected chi connectivity index (χ4v) is 4.61. The molecule has 1 N–H and O–H groups in total. The molecule has 10 nitrogen and oxygen atoms in total. The Hall–Kier alpha value is -3.18. The molecule has 1 aromatic carbocycles. The lowest BCUT2D eigenvalue weighted by molar-refractivity contribution is 0.0598. The molecule has 0 bridgehead atoms. The molecule has 0 saturated carbocycles. The number of carbonyl (C=O) groups is 3. The van der Waals surface area contributed by atoms with E-state index in [2.05, 4.69) is 14.8 Å². The van der Waals surface area contributed by atoms with Crippen molar-refractivity contribution in [3.63, 3.8) is 0 Å². The van der Waals surface area contributed by atoms with Crippen LogP contribution in [0.2, 0.25) is 0 Å². The Bertz CT molecular complexity index is 1070. The highest BCUT2D eigenvalue weighted by molar-refractivity contribution is 7.89. The SMILES string of the molecule is COC(=O)c1cc(NC(=O)c2ccc(S(=O)(=O)N3CCCCC3)o2)cc(C(=O)OC)c1. The third kappa shape index (κ3) is 4.94. The van der Waals surface area contributed by atoms with Gasteiger partial charge in [0.15, 0.2) is 5.76 Å². The molecular weight excluding hydrogens is 428 g/mol. The number of nitrogens with zero attached hydrogens (tertiary/aromatic N) is 1. The van der Waals surface area contributed by atoms with Crippen molar-refractivity contribution >= 4 is 33.6 Å². The van der Waals surface area contributed by atoms with Gasteiger partial charge in [-0.1, -0.05) is 6.42 Å². The molecule has 1 saturated heterocycles. The maximum Gasteiger partial charge on any atom is 0.337 e. The molecule has 0 radical (unpaired) electrons. The number of piperidine rings is 1. The summed E-state index contributed by atoms with van der Waals surface area (Å²) in [4.78, 5) is 36.3. The zero-order valence-corrected chi connectivity index (χ0v) is 17.9. The minimum absolute atomic E-state index is 0.0218. The largest absolute Gasteiger partial charge is 0.465 e. The molecule has 1 aliphatic rings. The first-order valence-electron chi connectivity index (χ1n) is 9.49. The monoisotopic (exact) mass is 450 g/mol. The first-order chi connectivity index (χ1) is 14.8. The number of esters is 2. The maximum absolute atomic E-state index is 12.7. The van der Waals surface area contributed by atoms with Crippen LogP contribution in [-0.2, 0) is 19.5 Å². The number of hydrogen-bond acceptors (Lipinski definition) is 8. The van der Waals surface area contributed by atoms with Crippen LogP contribution in [0.25, 0.3) is 0 Å². The Kier molecular flexibility index (Phi) is 6.76. The lowest BCUT2D eigenvalue weighted by Crippen LogP contribution is -2.35. The van der Waals surface area contributed by atoms with Crippen molar-refractivity contribution in [3.05, 3.63) is 47.2 Å². The minimum atomic E-state index is -3.83. The van der Waals surface area contributed by atoms with E-state index in [1.54, 1.807) is 0 Å². The predicted octanol–water partition coefficient (Wildman–Crippen LogP) is 2.28. The van der Waals surface area contributed by atoms with Crippen molar-refractivity contribution in [2.24, 2.45) is 0 Å². The molecule has 2 aromatic rings. The van der Waals surface area contributed by atoms with E-state index in [1.165, 1.54) is 48.9 Å². The van der Waals surface area contributed by atoms with Crippen LogP contribution < -0.4 is 5.32 Å². The van der Waals surface area contributed by atoms with Gasteiger partial charge in [0.1, 0.15) is 0 Å². The highest BCUT2D eigenvalue weighted by atomic mass is 32.2. The highest BCUT2D eigenvalue weighted by Gasteiger charge is 2.29. The summed E-state index contributed by atoms with van der Waals surface area (Å²) < 4.78 is 41.3. The van der Waals surface area contributed by atoms with Gasteiger partial charge < -0.3 is 19.2 Å². The molecule has 0 atom stereocenters. The third-order valence-corrected chi connectivity index (χ3v) is 6.52. The molecule has 1 aliphatic heterocycles. The summed E-state index contributed by atoms with van der Waals surface area (Å²) in [6.07, 6.45) is 2.51. The van der Waals surface area contributed by atoms with Crippen LogP contribution in [0, 0.1) is 0 Å². The van der Waals surface area contributed by atoms with Crippen molar-refractivity contribution in [1.82, 2.24) is 4.31 Å². The van der Waals surface area contributed by atoms with Gasteiger partial charge in [-0.3, -0.25) is 4.79 Å². The number of anilines is 1. The van der Waals surface area contributed by atoms with E-state index in [4.69, 9.17) is 4.42 Å². The van der Waals surface area contributed by atoms with Crippen molar-refractivity contribution in [1.29, 1.82) is 0 Å². The number of amides is 1. The Balaban J connectivity index is 1.83. The van der Waals surface area contributed by atoms with Crippen LogP contribution in [-0.4, -0.2) is 57.9 Å². The highest BCUT2D eigenvalue weighted by Crippen LogP contribution is 2.23. The topological polar surface area (TPSA) is 132 Å². The van der Waals surface area contributed by atoms with Crippen LogP contribution in [0.5, 0.6) is 0 Å². The summed E-state index contributed by atoms with van der Waals surface area (Å²) in [6, 6.07) is 6.36. The molecule has 11 heteroatoms. The summed E-state index contributed by atoms with van der Waals surface area (Å²) in [5.74, 6) is -2.42. The maximum atomic E-state index is 12.7. The summed E-state index contributed by atoms with van der Waals surface area (Å²) in [5, 5.41) is 2.16. The van der Waals surface area contributed by atoms with Crippen LogP contribution >= 0.6 is 0 Å². The molecule has 0 aliphatic carbocycles. The van der Waals surface area contributed by atoms with Crippen LogP contribution in [0.4, 0.5) is 5.69 Å². The number of ether oxygens (including phenoxy) is 2. The number of methoxy groups -OCH3 is 2. The Morgan fingerprint density at radius 1 is 0.935 bits per heavy atom. The second kappa shape index (κ2) is 9.31. The van der Waals surface area contributed by atoms with E-state index in [-0.39, 0.29) is 27.7 Å². The first kappa shape index (κ1) is 22.5. The second-order valence-corrected chi connectivity index (χ2v) is 8.69. The third-order valence-electron chi connectivity index (χ3n) is 4.75. The minimum Gasteiger partial charge on any atom is -0.465 e.